The highest BCUT2D eigenvalue weighted by Gasteiger charge is 2.21. The van der Waals surface area contributed by atoms with Gasteiger partial charge >= 0.3 is 0 Å². The summed E-state index contributed by atoms with van der Waals surface area (Å²) in [6.07, 6.45) is 6.30. The van der Waals surface area contributed by atoms with Crippen molar-refractivity contribution in [3.05, 3.63) is 50.4 Å². The molecule has 2 aromatic heterocycles. The molecule has 0 unspecified atom stereocenters. The van der Waals surface area contributed by atoms with Gasteiger partial charge in [0, 0.05) is 16.9 Å². The van der Waals surface area contributed by atoms with Gasteiger partial charge in [-0.1, -0.05) is 6.92 Å². The average Bonchev–Trinajstić information content (AvgIpc) is 3.06. The predicted octanol–water partition coefficient (Wildman–Crippen LogP) is 3.50. The topological polar surface area (TPSA) is 76.7 Å². The molecule has 0 spiro atoms. The summed E-state index contributed by atoms with van der Waals surface area (Å²) in [6.45, 7) is 1.95. The zero-order valence-electron chi connectivity index (χ0n) is 15.4. The van der Waals surface area contributed by atoms with E-state index in [0.717, 1.165) is 29.7 Å². The van der Waals surface area contributed by atoms with Crippen LogP contribution < -0.4 is 10.3 Å². The zero-order chi connectivity index (χ0) is 19.0. The normalized spacial score (nSPS) is 14.0. The molecule has 0 bridgehead atoms. The van der Waals surface area contributed by atoms with Crippen molar-refractivity contribution in [2.24, 2.45) is 5.10 Å². The predicted molar refractivity (Wildman–Crippen MR) is 108 cm³/mol. The number of aryl methyl sites for hydroxylation is 3. The average molecular weight is 383 g/mol. The largest absolute Gasteiger partial charge is 0.507 e. The molecule has 6 nitrogen and oxygen atoms in total. The number of hydrogen-bond acceptors (Lipinski definition) is 6. The fraction of sp³-hybridized carbons (Fsp3) is 0.350. The molecule has 0 fully saturated rings. The third-order valence-corrected chi connectivity index (χ3v) is 6.08. The van der Waals surface area contributed by atoms with Gasteiger partial charge in [0.1, 0.15) is 22.2 Å². The van der Waals surface area contributed by atoms with Crippen LogP contribution in [-0.4, -0.2) is 28.1 Å². The fourth-order valence-electron chi connectivity index (χ4n) is 3.47. The summed E-state index contributed by atoms with van der Waals surface area (Å²) >= 11 is 1.64. The van der Waals surface area contributed by atoms with Crippen LogP contribution in [0.3, 0.4) is 0 Å². The van der Waals surface area contributed by atoms with E-state index in [4.69, 9.17) is 9.72 Å². The van der Waals surface area contributed by atoms with Crippen LogP contribution in [0.2, 0.25) is 0 Å². The first kappa shape index (κ1) is 17.7. The number of hydrogen-bond donors (Lipinski definition) is 1. The van der Waals surface area contributed by atoms with Crippen molar-refractivity contribution in [1.29, 1.82) is 0 Å². The molecule has 0 saturated heterocycles. The summed E-state index contributed by atoms with van der Waals surface area (Å²) in [7, 11) is 1.56. The standard InChI is InChI=1S/C20H21N3O3S/c1-3-17-22-19-18(14-6-4-5-7-16(14)27-19)20(25)23(17)21-11-12-10-13(26-2)8-9-15(12)24/h8-11,24H,3-7H2,1-2H3. The van der Waals surface area contributed by atoms with Gasteiger partial charge in [-0.15, -0.1) is 11.3 Å². The van der Waals surface area contributed by atoms with Gasteiger partial charge in [0.2, 0.25) is 0 Å². The molecule has 4 rings (SSSR count). The monoisotopic (exact) mass is 383 g/mol. The lowest BCUT2D eigenvalue weighted by atomic mass is 9.97. The highest BCUT2D eigenvalue weighted by Crippen LogP contribution is 2.33. The van der Waals surface area contributed by atoms with E-state index in [1.165, 1.54) is 22.2 Å². The van der Waals surface area contributed by atoms with Crippen LogP contribution >= 0.6 is 11.3 Å². The van der Waals surface area contributed by atoms with Crippen molar-refractivity contribution in [3.8, 4) is 11.5 Å². The third-order valence-electron chi connectivity index (χ3n) is 4.90. The summed E-state index contributed by atoms with van der Waals surface area (Å²) in [5.74, 6) is 1.30. The van der Waals surface area contributed by atoms with Gasteiger partial charge in [-0.2, -0.15) is 9.78 Å². The lowest BCUT2D eigenvalue weighted by molar-refractivity contribution is 0.412. The fourth-order valence-corrected chi connectivity index (χ4v) is 4.74. The molecule has 2 heterocycles. The lowest BCUT2D eigenvalue weighted by Gasteiger charge is -2.10. The Kier molecular flexibility index (Phi) is 4.70. The SMILES string of the molecule is CCc1nc2sc3c(c2c(=O)n1N=Cc1cc(OC)ccc1O)CCCC3. The van der Waals surface area contributed by atoms with Crippen LogP contribution in [0.4, 0.5) is 0 Å². The Labute approximate surface area is 160 Å². The Morgan fingerprint density at radius 2 is 2.19 bits per heavy atom. The highest BCUT2D eigenvalue weighted by atomic mass is 32.1. The maximum atomic E-state index is 13.2. The molecule has 0 atom stereocenters. The van der Waals surface area contributed by atoms with Crippen LogP contribution in [0.15, 0.2) is 28.1 Å². The number of fused-ring (bicyclic) bond motifs is 3. The van der Waals surface area contributed by atoms with Crippen LogP contribution in [-0.2, 0) is 19.3 Å². The Morgan fingerprint density at radius 3 is 2.96 bits per heavy atom. The van der Waals surface area contributed by atoms with Gasteiger partial charge in [0.05, 0.1) is 18.7 Å². The lowest BCUT2D eigenvalue weighted by Crippen LogP contribution is -2.22. The van der Waals surface area contributed by atoms with E-state index >= 15 is 0 Å². The van der Waals surface area contributed by atoms with Crippen LogP contribution in [0.25, 0.3) is 10.2 Å². The van der Waals surface area contributed by atoms with Gasteiger partial charge in [-0.3, -0.25) is 4.79 Å². The summed E-state index contributed by atoms with van der Waals surface area (Å²) in [5.41, 5.74) is 1.50. The smallest absolute Gasteiger partial charge is 0.283 e. The van der Waals surface area contributed by atoms with Gasteiger partial charge in [-0.25, -0.2) is 4.98 Å². The maximum absolute atomic E-state index is 13.2. The molecule has 1 aliphatic rings. The number of nitrogens with zero attached hydrogens (tertiary/aromatic N) is 3. The molecular weight excluding hydrogens is 362 g/mol. The molecule has 27 heavy (non-hydrogen) atoms. The number of ether oxygens (including phenoxy) is 1. The Hall–Kier alpha value is -2.67. The number of phenols is 1. The molecule has 1 aliphatic carbocycles. The number of phenolic OH excluding ortho intramolecular Hbond substituents is 1. The number of methoxy groups -OCH3 is 1. The van der Waals surface area contributed by atoms with Crippen molar-refractivity contribution in [2.75, 3.05) is 7.11 Å². The van der Waals surface area contributed by atoms with Crippen LogP contribution in [0.1, 0.15) is 41.6 Å². The summed E-state index contributed by atoms with van der Waals surface area (Å²) in [4.78, 5) is 20.0. The minimum atomic E-state index is -0.130. The summed E-state index contributed by atoms with van der Waals surface area (Å²) in [5, 5.41) is 15.1. The first-order valence-electron chi connectivity index (χ1n) is 9.10. The second-order valence-electron chi connectivity index (χ2n) is 6.56. The first-order valence-corrected chi connectivity index (χ1v) is 9.91. The van der Waals surface area contributed by atoms with E-state index < -0.39 is 0 Å². The van der Waals surface area contributed by atoms with E-state index in [-0.39, 0.29) is 11.3 Å². The third kappa shape index (κ3) is 3.12. The number of aromatic hydroxyl groups is 1. The molecule has 0 aliphatic heterocycles. The van der Waals surface area contributed by atoms with Crippen LogP contribution in [0.5, 0.6) is 11.5 Å². The summed E-state index contributed by atoms with van der Waals surface area (Å²) in [6, 6.07) is 4.88. The minimum absolute atomic E-state index is 0.0765. The Balaban J connectivity index is 1.86. The number of rotatable bonds is 4. The maximum Gasteiger partial charge on any atom is 0.283 e. The van der Waals surface area contributed by atoms with Crippen molar-refractivity contribution in [3.63, 3.8) is 0 Å². The van der Waals surface area contributed by atoms with Crippen molar-refractivity contribution in [1.82, 2.24) is 9.66 Å². The van der Waals surface area contributed by atoms with Gasteiger partial charge in [-0.05, 0) is 49.4 Å². The number of thiophene rings is 1. The molecule has 1 N–H and O–H groups in total. The Bertz CT molecular complexity index is 1100. The number of benzene rings is 1. The van der Waals surface area contributed by atoms with E-state index in [1.807, 2.05) is 6.92 Å². The highest BCUT2D eigenvalue weighted by molar-refractivity contribution is 7.18. The van der Waals surface area contributed by atoms with E-state index in [1.54, 1.807) is 36.6 Å². The molecule has 0 radical (unpaired) electrons. The molecular formula is C20H21N3O3S. The van der Waals surface area contributed by atoms with Crippen molar-refractivity contribution in [2.45, 2.75) is 39.0 Å². The second kappa shape index (κ2) is 7.15. The van der Waals surface area contributed by atoms with Crippen LogP contribution in [0, 0.1) is 0 Å². The molecule has 0 saturated carbocycles. The van der Waals surface area contributed by atoms with Gasteiger partial charge in [0.15, 0.2) is 0 Å². The molecule has 3 aromatic rings. The quantitative estimate of drug-likeness (QED) is 0.700. The van der Waals surface area contributed by atoms with Crippen molar-refractivity contribution < 1.29 is 9.84 Å². The van der Waals surface area contributed by atoms with Gasteiger partial charge < -0.3 is 9.84 Å². The van der Waals surface area contributed by atoms with Gasteiger partial charge in [0.25, 0.3) is 5.56 Å². The zero-order valence-corrected chi connectivity index (χ0v) is 16.2. The minimum Gasteiger partial charge on any atom is -0.507 e. The molecule has 7 heteroatoms. The molecule has 1 aromatic carbocycles. The van der Waals surface area contributed by atoms with Crippen molar-refractivity contribution >= 4 is 27.8 Å². The molecule has 0 amide bonds. The first-order chi connectivity index (χ1) is 13.1. The second-order valence-corrected chi connectivity index (χ2v) is 7.64. The Morgan fingerprint density at radius 1 is 1.37 bits per heavy atom. The molecule has 140 valence electrons. The summed E-state index contributed by atoms with van der Waals surface area (Å²) < 4.78 is 6.55. The van der Waals surface area contributed by atoms with E-state index in [2.05, 4.69) is 5.10 Å². The number of aromatic nitrogens is 2. The van der Waals surface area contributed by atoms with E-state index in [9.17, 15) is 9.90 Å². The van der Waals surface area contributed by atoms with E-state index in [0.29, 0.717) is 28.9 Å².